The molecule has 0 aliphatic rings. The van der Waals surface area contributed by atoms with Gasteiger partial charge in [-0.2, -0.15) is 0 Å². The van der Waals surface area contributed by atoms with Gasteiger partial charge >= 0.3 is 0 Å². The van der Waals surface area contributed by atoms with E-state index in [2.05, 4.69) is 52.9 Å². The van der Waals surface area contributed by atoms with Crippen LogP contribution >= 0.6 is 0 Å². The SMILES string of the molecule is CC(C)=CCOC/C=N/O[Si](C)(C)C(C)(C)C. The monoisotopic (exact) mass is 257 g/mol. The van der Waals surface area contributed by atoms with Crippen LogP contribution in [0.5, 0.6) is 0 Å². The second-order valence-corrected chi connectivity index (χ2v) is 10.7. The Morgan fingerprint density at radius 1 is 1.18 bits per heavy atom. The molecule has 0 aliphatic carbocycles. The topological polar surface area (TPSA) is 30.8 Å². The number of nitrogens with zero attached hydrogens (tertiary/aromatic N) is 1. The van der Waals surface area contributed by atoms with Crippen LogP contribution in [-0.4, -0.2) is 27.7 Å². The van der Waals surface area contributed by atoms with Gasteiger partial charge in [0.25, 0.3) is 8.32 Å². The van der Waals surface area contributed by atoms with Crippen LogP contribution in [-0.2, 0) is 9.26 Å². The Bertz CT molecular complexity index is 274. The molecule has 0 amide bonds. The van der Waals surface area contributed by atoms with Crippen molar-refractivity contribution in [3.05, 3.63) is 11.6 Å². The zero-order chi connectivity index (χ0) is 13.5. The summed E-state index contributed by atoms with van der Waals surface area (Å²) >= 11 is 0. The number of hydrogen-bond acceptors (Lipinski definition) is 3. The van der Waals surface area contributed by atoms with E-state index in [4.69, 9.17) is 9.26 Å². The maximum atomic E-state index is 5.63. The van der Waals surface area contributed by atoms with Crippen molar-refractivity contribution in [2.24, 2.45) is 5.16 Å². The quantitative estimate of drug-likeness (QED) is 0.237. The molecule has 0 N–H and O–H groups in total. The van der Waals surface area contributed by atoms with Crippen LogP contribution in [0.1, 0.15) is 34.6 Å². The van der Waals surface area contributed by atoms with E-state index in [9.17, 15) is 0 Å². The summed E-state index contributed by atoms with van der Waals surface area (Å²) in [5.41, 5.74) is 1.26. The Morgan fingerprint density at radius 2 is 1.76 bits per heavy atom. The first kappa shape index (κ1) is 16.4. The Balaban J connectivity index is 3.86. The third kappa shape index (κ3) is 7.34. The lowest BCUT2D eigenvalue weighted by atomic mass is 10.2. The molecule has 4 heteroatoms. The number of ether oxygens (including phenoxy) is 1. The van der Waals surface area contributed by atoms with Crippen molar-refractivity contribution in [2.75, 3.05) is 13.2 Å². The molecule has 0 unspecified atom stereocenters. The summed E-state index contributed by atoms with van der Waals surface area (Å²) in [7, 11) is -1.76. The fraction of sp³-hybridized carbons (Fsp3) is 0.769. The van der Waals surface area contributed by atoms with E-state index in [-0.39, 0.29) is 5.04 Å². The van der Waals surface area contributed by atoms with Gasteiger partial charge in [-0.1, -0.05) is 32.4 Å². The molecule has 0 radical (unpaired) electrons. The predicted octanol–water partition coefficient (Wildman–Crippen LogP) is 3.98. The van der Waals surface area contributed by atoms with Gasteiger partial charge in [-0.3, -0.25) is 0 Å². The highest BCUT2D eigenvalue weighted by atomic mass is 28.4. The van der Waals surface area contributed by atoms with Gasteiger partial charge in [0.15, 0.2) is 0 Å². The van der Waals surface area contributed by atoms with Gasteiger partial charge in [0, 0.05) is 0 Å². The highest BCUT2D eigenvalue weighted by Crippen LogP contribution is 2.36. The third-order valence-corrected chi connectivity index (χ3v) is 7.14. The van der Waals surface area contributed by atoms with Gasteiger partial charge in [0.1, 0.15) is 0 Å². The van der Waals surface area contributed by atoms with Gasteiger partial charge in [-0.25, -0.2) is 0 Å². The lowest BCUT2D eigenvalue weighted by molar-refractivity contribution is 0.202. The highest BCUT2D eigenvalue weighted by Gasteiger charge is 2.39. The molecular formula is C13H27NO2Si. The Morgan fingerprint density at radius 3 is 2.24 bits per heavy atom. The molecule has 0 spiro atoms. The molecule has 0 heterocycles. The number of hydrogen-bond donors (Lipinski definition) is 0. The second kappa shape index (κ2) is 6.96. The summed E-state index contributed by atoms with van der Waals surface area (Å²) < 4.78 is 11.0. The van der Waals surface area contributed by atoms with Crippen LogP contribution < -0.4 is 0 Å². The van der Waals surface area contributed by atoms with Crippen molar-refractivity contribution < 1.29 is 9.26 Å². The van der Waals surface area contributed by atoms with E-state index in [1.165, 1.54) is 5.57 Å². The maximum Gasteiger partial charge on any atom is 0.286 e. The average molecular weight is 257 g/mol. The first-order valence-corrected chi connectivity index (χ1v) is 8.99. The highest BCUT2D eigenvalue weighted by molar-refractivity contribution is 6.74. The normalized spacial score (nSPS) is 12.9. The van der Waals surface area contributed by atoms with E-state index in [0.29, 0.717) is 13.2 Å². The van der Waals surface area contributed by atoms with E-state index < -0.39 is 8.32 Å². The zero-order valence-corrected chi connectivity index (χ0v) is 13.3. The smallest absolute Gasteiger partial charge is 0.286 e. The van der Waals surface area contributed by atoms with Crippen LogP contribution in [0.25, 0.3) is 0 Å². The fourth-order valence-electron chi connectivity index (χ4n) is 0.683. The van der Waals surface area contributed by atoms with Gasteiger partial charge < -0.3 is 9.26 Å². The molecule has 0 aromatic carbocycles. The first-order valence-electron chi connectivity index (χ1n) is 6.08. The number of allylic oxidation sites excluding steroid dienone is 1. The summed E-state index contributed by atoms with van der Waals surface area (Å²) in [5, 5.41) is 4.20. The van der Waals surface area contributed by atoms with Crippen molar-refractivity contribution in [1.29, 1.82) is 0 Å². The molecule has 0 saturated carbocycles. The molecule has 0 aromatic rings. The molecule has 100 valence electrons. The van der Waals surface area contributed by atoms with Gasteiger partial charge in [-0.05, 0) is 32.0 Å². The lowest BCUT2D eigenvalue weighted by Gasteiger charge is -2.33. The maximum absolute atomic E-state index is 5.63. The van der Waals surface area contributed by atoms with Crippen LogP contribution in [0.15, 0.2) is 16.8 Å². The van der Waals surface area contributed by atoms with Crippen molar-refractivity contribution in [3.8, 4) is 0 Å². The Labute approximate surface area is 107 Å². The molecule has 3 nitrogen and oxygen atoms in total. The minimum atomic E-state index is -1.76. The van der Waals surface area contributed by atoms with Gasteiger partial charge in [0.2, 0.25) is 0 Å². The van der Waals surface area contributed by atoms with Crippen molar-refractivity contribution >= 4 is 14.5 Å². The van der Waals surface area contributed by atoms with E-state index in [1.807, 2.05) is 6.08 Å². The molecular weight excluding hydrogens is 230 g/mol. The third-order valence-electron chi connectivity index (χ3n) is 2.96. The minimum Gasteiger partial charge on any atom is -0.455 e. The molecule has 0 saturated heterocycles. The number of oxime groups is 1. The Hall–Kier alpha value is -0.613. The fourth-order valence-corrected chi connectivity index (χ4v) is 1.29. The Kier molecular flexibility index (Phi) is 6.71. The van der Waals surface area contributed by atoms with Crippen LogP contribution in [0.4, 0.5) is 0 Å². The summed E-state index contributed by atoms with van der Waals surface area (Å²) in [6.45, 7) is 16.2. The van der Waals surface area contributed by atoms with Crippen molar-refractivity contribution in [1.82, 2.24) is 0 Å². The van der Waals surface area contributed by atoms with E-state index in [0.717, 1.165) is 0 Å². The largest absolute Gasteiger partial charge is 0.455 e. The molecule has 0 bridgehead atoms. The molecule has 0 aliphatic heterocycles. The van der Waals surface area contributed by atoms with Gasteiger partial charge in [0.05, 0.1) is 19.4 Å². The van der Waals surface area contributed by atoms with Crippen LogP contribution in [0.3, 0.4) is 0 Å². The zero-order valence-electron chi connectivity index (χ0n) is 12.3. The summed E-state index contributed by atoms with van der Waals surface area (Å²) in [5.74, 6) is 0. The minimum absolute atomic E-state index is 0.188. The van der Waals surface area contributed by atoms with E-state index >= 15 is 0 Å². The van der Waals surface area contributed by atoms with Crippen molar-refractivity contribution in [3.63, 3.8) is 0 Å². The molecule has 0 atom stereocenters. The van der Waals surface area contributed by atoms with E-state index in [1.54, 1.807) is 6.21 Å². The molecule has 0 fully saturated rings. The molecule has 17 heavy (non-hydrogen) atoms. The molecule has 0 rings (SSSR count). The first-order chi connectivity index (χ1) is 7.67. The average Bonchev–Trinajstić information content (AvgIpc) is 2.13. The molecule has 0 aromatic heterocycles. The van der Waals surface area contributed by atoms with Gasteiger partial charge in [-0.15, -0.1) is 5.16 Å². The van der Waals surface area contributed by atoms with Crippen molar-refractivity contribution in [2.45, 2.75) is 52.8 Å². The summed E-state index contributed by atoms with van der Waals surface area (Å²) in [6.07, 6.45) is 3.74. The summed E-state index contributed by atoms with van der Waals surface area (Å²) in [4.78, 5) is 0. The number of rotatable bonds is 6. The predicted molar refractivity (Wildman–Crippen MR) is 77.0 cm³/mol. The standard InChI is InChI=1S/C13H27NO2Si/c1-12(2)8-10-15-11-9-14-16-17(6,7)13(3,4)5/h8-9H,10-11H2,1-7H3/b14-9+. The summed E-state index contributed by atoms with van der Waals surface area (Å²) in [6, 6.07) is 0. The lowest BCUT2D eigenvalue weighted by Crippen LogP contribution is -2.39. The van der Waals surface area contributed by atoms with Crippen LogP contribution in [0, 0.1) is 0 Å². The second-order valence-electron chi connectivity index (χ2n) is 5.96. The van der Waals surface area contributed by atoms with Crippen LogP contribution in [0.2, 0.25) is 18.1 Å².